The Morgan fingerprint density at radius 2 is 1.03 bits per heavy atom. The minimum Gasteiger partial charge on any atom is -0.463 e. The molecule has 23 heteroatoms. The summed E-state index contributed by atoms with van der Waals surface area (Å²) in [5, 5.41) is 3.99. The van der Waals surface area contributed by atoms with Crippen molar-refractivity contribution in [3.05, 3.63) is 94.9 Å². The van der Waals surface area contributed by atoms with Gasteiger partial charge in [-0.2, -0.15) is 0 Å². The second kappa shape index (κ2) is 27.6. The third-order valence-corrected chi connectivity index (χ3v) is 11.1. The van der Waals surface area contributed by atoms with Crippen molar-refractivity contribution >= 4 is 35.8 Å². The topological polar surface area (TPSA) is 280 Å². The molecular formula is C48H61N3O20. The molecule has 0 radical (unpaired) electrons. The van der Waals surface area contributed by atoms with Gasteiger partial charge in [-0.1, -0.05) is 78.8 Å². The molecule has 3 saturated heterocycles. The Hall–Kier alpha value is -6.01. The first-order valence-electron chi connectivity index (χ1n) is 22.8. The average Bonchev–Trinajstić information content (AvgIpc) is 3.31. The fourth-order valence-electron chi connectivity index (χ4n) is 8.19. The fraction of sp³-hybridized carbons (Fsp3) is 0.583. The number of nitrogens with zero attached hydrogens (tertiary/aromatic N) is 3. The second-order valence-electron chi connectivity index (χ2n) is 16.7. The summed E-state index contributed by atoms with van der Waals surface area (Å²) in [6, 6.07) is 17.1. The molecule has 0 bridgehead atoms. The maximum Gasteiger partial charge on any atom is 0.303 e. The Bertz CT molecular complexity index is 2140. The average molecular weight is 1000 g/mol. The Balaban J connectivity index is 1.60. The molecule has 0 spiro atoms. The number of benzene rings is 2. The number of rotatable bonds is 23. The van der Waals surface area contributed by atoms with Gasteiger partial charge in [0.05, 0.1) is 32.5 Å². The largest absolute Gasteiger partial charge is 0.463 e. The van der Waals surface area contributed by atoms with Gasteiger partial charge in [-0.05, 0) is 16.7 Å². The van der Waals surface area contributed by atoms with Gasteiger partial charge in [-0.3, -0.25) is 28.8 Å². The van der Waals surface area contributed by atoms with Crippen molar-refractivity contribution in [2.45, 2.75) is 148 Å². The molecule has 6 unspecified atom stereocenters. The molecule has 0 aromatic heterocycles. The number of esters is 6. The van der Waals surface area contributed by atoms with E-state index in [2.05, 4.69) is 16.6 Å². The molecule has 0 amide bonds. The monoisotopic (exact) mass is 999 g/mol. The summed E-state index contributed by atoms with van der Waals surface area (Å²) >= 11 is 0. The molecule has 3 heterocycles. The van der Waals surface area contributed by atoms with E-state index in [9.17, 15) is 34.3 Å². The highest BCUT2D eigenvalue weighted by Gasteiger charge is 2.58. The van der Waals surface area contributed by atoms with E-state index in [0.717, 1.165) is 52.7 Å². The van der Waals surface area contributed by atoms with Crippen molar-refractivity contribution < 1.29 is 95.1 Å². The summed E-state index contributed by atoms with van der Waals surface area (Å²) in [4.78, 5) is 78.4. The van der Waals surface area contributed by atoms with Crippen molar-refractivity contribution in [2.24, 2.45) is 11.0 Å². The molecule has 5 rings (SSSR count). The molecule has 2 aromatic carbocycles. The SMILES string of the molecule is C=CCO[C@@H]1OC(COCc2ccccc2)[C@@H](O[C@@H]2OC(COC(C)=O)[C@@H](O[C@@H]3OC(COC(C)=O)[C@@H](OC(C)=O)[C@H](OC(C)=O)C3OC(C)=O)[C@H](OC(C)=O)C2N=[N+]=[N-])[C@H](OCc2ccccc2)C1C. The normalized spacial score (nSPS) is 30.3. The van der Waals surface area contributed by atoms with E-state index in [1.165, 1.54) is 0 Å². The molecule has 23 nitrogen and oxygen atoms in total. The first kappa shape index (κ1) is 55.9. The Morgan fingerprint density at radius 3 is 1.58 bits per heavy atom. The maximum absolute atomic E-state index is 13.1. The number of hydrogen-bond acceptors (Lipinski definition) is 21. The van der Waals surface area contributed by atoms with Crippen molar-refractivity contribution in [2.75, 3.05) is 26.4 Å². The van der Waals surface area contributed by atoms with E-state index in [0.29, 0.717) is 0 Å². The number of carbonyl (C=O) groups excluding carboxylic acids is 6. The lowest BCUT2D eigenvalue weighted by Gasteiger charge is -2.50. The van der Waals surface area contributed by atoms with Gasteiger partial charge in [-0.15, -0.1) is 6.58 Å². The predicted molar refractivity (Wildman–Crippen MR) is 241 cm³/mol. The highest BCUT2D eigenvalue weighted by Crippen LogP contribution is 2.39. The first-order chi connectivity index (χ1) is 34.0. The Morgan fingerprint density at radius 1 is 0.563 bits per heavy atom. The van der Waals surface area contributed by atoms with E-state index < -0.39 is 141 Å². The van der Waals surface area contributed by atoms with Crippen LogP contribution in [0.3, 0.4) is 0 Å². The maximum atomic E-state index is 13.1. The van der Waals surface area contributed by atoms with Crippen molar-refractivity contribution in [1.29, 1.82) is 0 Å². The van der Waals surface area contributed by atoms with E-state index in [-0.39, 0.29) is 26.4 Å². The van der Waals surface area contributed by atoms with E-state index in [1.807, 2.05) is 67.6 Å². The summed E-state index contributed by atoms with van der Waals surface area (Å²) in [7, 11) is 0. The molecule has 15 atom stereocenters. The predicted octanol–water partition coefficient (Wildman–Crippen LogP) is 4.10. The van der Waals surface area contributed by atoms with Gasteiger partial charge in [0.25, 0.3) is 0 Å². The van der Waals surface area contributed by atoms with Gasteiger partial charge in [0.15, 0.2) is 37.2 Å². The minimum atomic E-state index is -1.87. The van der Waals surface area contributed by atoms with E-state index in [4.69, 9.17) is 66.3 Å². The summed E-state index contributed by atoms with van der Waals surface area (Å²) in [5.74, 6) is -5.75. The zero-order valence-corrected chi connectivity index (χ0v) is 40.5. The van der Waals surface area contributed by atoms with E-state index >= 15 is 0 Å². The van der Waals surface area contributed by atoms with Gasteiger partial charge in [0.1, 0.15) is 55.9 Å². The molecule has 0 aliphatic carbocycles. The zero-order chi connectivity index (χ0) is 51.6. The van der Waals surface area contributed by atoms with Crippen LogP contribution in [-0.4, -0.2) is 148 Å². The van der Waals surface area contributed by atoms with Crippen LogP contribution < -0.4 is 0 Å². The lowest BCUT2D eigenvalue weighted by molar-refractivity contribution is -0.365. The van der Waals surface area contributed by atoms with Crippen LogP contribution >= 0.6 is 0 Å². The van der Waals surface area contributed by atoms with E-state index in [1.54, 1.807) is 6.08 Å². The standard InChI is InChI=1S/C48H61N3O20/c1-9-20-59-46-26(2)39(62-22-34-18-14-11-15-19-34)40(35(67-46)23-58-21-33-16-12-10-13-17-33)70-47-38(50-51-49)43(64-30(6)55)41(36(68-47)24-60-27(3)52)71-48-45(66-32(8)57)44(65-31(7)56)42(63-29(5)54)37(69-48)25-61-28(4)53/h9-19,26,35-48H,1,20-25H2,2-8H3/t26?,35?,36?,37?,38?,39-,40-,41-,42-,43-,44+,45?,46-,47+,48+/m1/s1. The lowest BCUT2D eigenvalue weighted by atomic mass is 9.91. The van der Waals surface area contributed by atoms with Gasteiger partial charge < -0.3 is 66.3 Å². The smallest absolute Gasteiger partial charge is 0.303 e. The second-order valence-corrected chi connectivity index (χ2v) is 16.7. The van der Waals surface area contributed by atoms with Crippen LogP contribution in [0.4, 0.5) is 0 Å². The van der Waals surface area contributed by atoms with Gasteiger partial charge in [0, 0.05) is 52.4 Å². The van der Waals surface area contributed by atoms with Gasteiger partial charge in [-0.25, -0.2) is 0 Å². The number of azide groups is 1. The van der Waals surface area contributed by atoms with Gasteiger partial charge in [0.2, 0.25) is 0 Å². The number of hydrogen-bond donors (Lipinski definition) is 0. The summed E-state index contributed by atoms with van der Waals surface area (Å²) in [6.07, 6.45) is -17.1. The van der Waals surface area contributed by atoms with Crippen LogP contribution in [-0.2, 0) is 108 Å². The fourth-order valence-corrected chi connectivity index (χ4v) is 8.19. The van der Waals surface area contributed by atoms with Crippen LogP contribution in [0.25, 0.3) is 10.4 Å². The van der Waals surface area contributed by atoms with Crippen LogP contribution in [0.5, 0.6) is 0 Å². The molecular weight excluding hydrogens is 939 g/mol. The highest BCUT2D eigenvalue weighted by atomic mass is 16.8. The summed E-state index contributed by atoms with van der Waals surface area (Å²) < 4.78 is 84.8. The summed E-state index contributed by atoms with van der Waals surface area (Å²) in [5.41, 5.74) is 11.8. The molecule has 388 valence electrons. The summed E-state index contributed by atoms with van der Waals surface area (Å²) in [6.45, 7) is 11.1. The number of carbonyl (C=O) groups is 6. The Kier molecular flexibility index (Phi) is 21.7. The van der Waals surface area contributed by atoms with Crippen molar-refractivity contribution in [3.8, 4) is 0 Å². The molecule has 3 aliphatic rings. The lowest BCUT2D eigenvalue weighted by Crippen LogP contribution is -2.67. The molecule has 0 N–H and O–H groups in total. The van der Waals surface area contributed by atoms with Crippen LogP contribution in [0.2, 0.25) is 0 Å². The Labute approximate surface area is 410 Å². The zero-order valence-electron chi connectivity index (χ0n) is 40.5. The van der Waals surface area contributed by atoms with Crippen molar-refractivity contribution in [1.82, 2.24) is 0 Å². The minimum absolute atomic E-state index is 0.0940. The molecule has 3 fully saturated rings. The molecule has 0 saturated carbocycles. The first-order valence-corrected chi connectivity index (χ1v) is 22.8. The number of ether oxygens (including phenoxy) is 14. The van der Waals surface area contributed by atoms with Crippen molar-refractivity contribution in [3.63, 3.8) is 0 Å². The third-order valence-electron chi connectivity index (χ3n) is 11.1. The van der Waals surface area contributed by atoms with Crippen LogP contribution in [0, 0.1) is 5.92 Å². The molecule has 71 heavy (non-hydrogen) atoms. The third kappa shape index (κ3) is 16.5. The highest BCUT2D eigenvalue weighted by molar-refractivity contribution is 5.69. The molecule has 3 aliphatic heterocycles. The molecule has 2 aromatic rings. The van der Waals surface area contributed by atoms with Gasteiger partial charge >= 0.3 is 35.8 Å². The van der Waals surface area contributed by atoms with Crippen LogP contribution in [0.1, 0.15) is 59.6 Å². The van der Waals surface area contributed by atoms with Crippen LogP contribution in [0.15, 0.2) is 78.4 Å². The quantitative estimate of drug-likeness (QED) is 0.0378.